The van der Waals surface area contributed by atoms with E-state index in [2.05, 4.69) is 4.72 Å². The van der Waals surface area contributed by atoms with E-state index in [9.17, 15) is 17.2 Å². The van der Waals surface area contributed by atoms with Crippen LogP contribution in [0.1, 0.15) is 4.88 Å². The number of benzene rings is 1. The van der Waals surface area contributed by atoms with Crippen LogP contribution in [0.25, 0.3) is 0 Å². The third-order valence-corrected chi connectivity index (χ3v) is 5.45. The monoisotopic (exact) mass is 319 g/mol. The molecule has 108 valence electrons. The fraction of sp³-hybridized carbons (Fsp3) is 0.167. The minimum absolute atomic E-state index is 0.0469. The molecule has 0 atom stereocenters. The van der Waals surface area contributed by atoms with E-state index in [0.717, 1.165) is 34.4 Å². The van der Waals surface area contributed by atoms with Crippen LogP contribution in [0.15, 0.2) is 34.5 Å². The quantitative estimate of drug-likeness (QED) is 0.889. The first-order valence-electron chi connectivity index (χ1n) is 5.60. The molecule has 8 heteroatoms. The Bertz CT molecular complexity index is 713. The van der Waals surface area contributed by atoms with Crippen molar-refractivity contribution in [2.24, 2.45) is 0 Å². The summed E-state index contributed by atoms with van der Waals surface area (Å²) in [6.07, 6.45) is 0.366. The van der Waals surface area contributed by atoms with Crippen molar-refractivity contribution in [3.05, 3.63) is 46.8 Å². The number of thiophene rings is 1. The third-order valence-electron chi connectivity index (χ3n) is 2.43. The lowest BCUT2D eigenvalue weighted by atomic mass is 10.3. The maximum atomic E-state index is 13.0. The smallest absolute Gasteiger partial charge is 0.271 e. The van der Waals surface area contributed by atoms with Gasteiger partial charge in [0.25, 0.3) is 10.0 Å². The number of hydrogen-bond acceptors (Lipinski definition) is 4. The second-order valence-electron chi connectivity index (χ2n) is 3.93. The van der Waals surface area contributed by atoms with Gasteiger partial charge in [-0.1, -0.05) is 0 Å². The van der Waals surface area contributed by atoms with Gasteiger partial charge in [-0.3, -0.25) is 4.72 Å². The van der Waals surface area contributed by atoms with Gasteiger partial charge < -0.3 is 5.11 Å². The molecule has 0 bridgehead atoms. The zero-order valence-electron chi connectivity index (χ0n) is 10.1. The molecule has 0 aliphatic heterocycles. The second kappa shape index (κ2) is 5.86. The van der Waals surface area contributed by atoms with E-state index >= 15 is 0 Å². The molecule has 1 aromatic carbocycles. The SMILES string of the molecule is O=S(=O)(Nc1ccc(F)c(F)c1)c1ccc(CCO)s1. The second-order valence-corrected chi connectivity index (χ2v) is 7.01. The summed E-state index contributed by atoms with van der Waals surface area (Å²) in [7, 11) is -3.84. The summed E-state index contributed by atoms with van der Waals surface area (Å²) in [6.45, 7) is -0.0728. The van der Waals surface area contributed by atoms with Crippen LogP contribution in [-0.4, -0.2) is 20.1 Å². The van der Waals surface area contributed by atoms with Gasteiger partial charge in [-0.2, -0.15) is 0 Å². The van der Waals surface area contributed by atoms with Crippen molar-refractivity contribution in [1.82, 2.24) is 0 Å². The summed E-state index contributed by atoms with van der Waals surface area (Å²) in [4.78, 5) is 0.721. The zero-order valence-corrected chi connectivity index (χ0v) is 11.8. The van der Waals surface area contributed by atoms with Crippen molar-refractivity contribution in [3.63, 3.8) is 0 Å². The predicted molar refractivity (Wildman–Crippen MR) is 72.3 cm³/mol. The van der Waals surface area contributed by atoms with Crippen molar-refractivity contribution in [3.8, 4) is 0 Å². The number of aliphatic hydroxyl groups is 1. The molecular formula is C12H11F2NO3S2. The molecule has 0 saturated heterocycles. The lowest BCUT2D eigenvalue weighted by Crippen LogP contribution is -2.11. The summed E-state index contributed by atoms with van der Waals surface area (Å²) >= 11 is 1.01. The normalized spacial score (nSPS) is 11.6. The molecule has 0 amide bonds. The summed E-state index contributed by atoms with van der Waals surface area (Å²) in [5.74, 6) is -2.17. The highest BCUT2D eigenvalue weighted by Crippen LogP contribution is 2.25. The minimum atomic E-state index is -3.84. The van der Waals surface area contributed by atoms with Crippen LogP contribution < -0.4 is 4.72 Å². The third kappa shape index (κ3) is 3.33. The van der Waals surface area contributed by atoms with Gasteiger partial charge in [0, 0.05) is 24.0 Å². The molecule has 1 aromatic heterocycles. The molecule has 2 N–H and O–H groups in total. The molecule has 0 radical (unpaired) electrons. The van der Waals surface area contributed by atoms with Gasteiger partial charge >= 0.3 is 0 Å². The Hall–Kier alpha value is -1.51. The van der Waals surface area contributed by atoms with Crippen molar-refractivity contribution >= 4 is 27.0 Å². The average molecular weight is 319 g/mol. The van der Waals surface area contributed by atoms with E-state index in [1.54, 1.807) is 6.07 Å². The first-order valence-corrected chi connectivity index (χ1v) is 7.90. The lowest BCUT2D eigenvalue weighted by molar-refractivity contribution is 0.300. The number of hydrogen-bond donors (Lipinski definition) is 2. The van der Waals surface area contributed by atoms with Crippen LogP contribution >= 0.6 is 11.3 Å². The van der Waals surface area contributed by atoms with E-state index in [1.807, 2.05) is 0 Å². The number of nitrogens with one attached hydrogen (secondary N) is 1. The highest BCUT2D eigenvalue weighted by atomic mass is 32.2. The van der Waals surface area contributed by atoms with Crippen molar-refractivity contribution < 1.29 is 22.3 Å². The summed E-state index contributed by atoms with van der Waals surface area (Å²) < 4.78 is 52.1. The van der Waals surface area contributed by atoms with Gasteiger partial charge in [0.2, 0.25) is 0 Å². The van der Waals surface area contributed by atoms with E-state index in [0.29, 0.717) is 6.42 Å². The van der Waals surface area contributed by atoms with Crippen molar-refractivity contribution in [1.29, 1.82) is 0 Å². The molecular weight excluding hydrogens is 308 g/mol. The summed E-state index contributed by atoms with van der Waals surface area (Å²) in [6, 6.07) is 5.75. The Balaban J connectivity index is 2.23. The van der Waals surface area contributed by atoms with Crippen LogP contribution in [0.3, 0.4) is 0 Å². The number of halogens is 2. The first-order chi connectivity index (χ1) is 9.42. The molecule has 20 heavy (non-hydrogen) atoms. The molecule has 4 nitrogen and oxygen atoms in total. The lowest BCUT2D eigenvalue weighted by Gasteiger charge is -2.06. The number of aliphatic hydroxyl groups excluding tert-OH is 1. The van der Waals surface area contributed by atoms with Crippen molar-refractivity contribution in [2.45, 2.75) is 10.6 Å². The van der Waals surface area contributed by atoms with Crippen LogP contribution in [0, 0.1) is 11.6 Å². The minimum Gasteiger partial charge on any atom is -0.396 e. The van der Waals surface area contributed by atoms with Crippen LogP contribution in [0.4, 0.5) is 14.5 Å². The Labute approximate surface area is 118 Å². The average Bonchev–Trinajstić information content (AvgIpc) is 2.83. The molecule has 0 unspecified atom stereocenters. The van der Waals surface area contributed by atoms with Crippen LogP contribution in [0.2, 0.25) is 0 Å². The van der Waals surface area contributed by atoms with Gasteiger partial charge in [0.05, 0.1) is 5.69 Å². The Morgan fingerprint density at radius 2 is 1.90 bits per heavy atom. The molecule has 0 aliphatic rings. The number of sulfonamides is 1. The van der Waals surface area contributed by atoms with Gasteiger partial charge in [-0.05, 0) is 24.3 Å². The molecule has 0 spiro atoms. The highest BCUT2D eigenvalue weighted by Gasteiger charge is 2.17. The summed E-state index contributed by atoms with van der Waals surface area (Å²) in [5.41, 5.74) is -0.0546. The molecule has 1 heterocycles. The molecule has 0 aliphatic carbocycles. The van der Waals surface area contributed by atoms with E-state index in [1.165, 1.54) is 6.07 Å². The van der Waals surface area contributed by atoms with Crippen LogP contribution in [0.5, 0.6) is 0 Å². The zero-order chi connectivity index (χ0) is 14.8. The van der Waals surface area contributed by atoms with E-state index < -0.39 is 21.7 Å². The van der Waals surface area contributed by atoms with E-state index in [4.69, 9.17) is 5.11 Å². The standard InChI is InChI=1S/C12H11F2NO3S2/c13-10-3-1-8(7-11(10)14)15-20(17,18)12-4-2-9(19-12)5-6-16/h1-4,7,15-16H,5-6H2. The topological polar surface area (TPSA) is 66.4 Å². The molecule has 2 aromatic rings. The van der Waals surface area contributed by atoms with Gasteiger partial charge in [-0.25, -0.2) is 17.2 Å². The Morgan fingerprint density at radius 1 is 1.15 bits per heavy atom. The van der Waals surface area contributed by atoms with Gasteiger partial charge in [0.1, 0.15) is 4.21 Å². The maximum Gasteiger partial charge on any atom is 0.271 e. The van der Waals surface area contributed by atoms with Gasteiger partial charge in [0.15, 0.2) is 11.6 Å². The van der Waals surface area contributed by atoms with Crippen molar-refractivity contribution in [2.75, 3.05) is 11.3 Å². The number of rotatable bonds is 5. The number of anilines is 1. The fourth-order valence-corrected chi connectivity index (χ4v) is 3.91. The van der Waals surface area contributed by atoms with E-state index in [-0.39, 0.29) is 16.5 Å². The maximum absolute atomic E-state index is 13.0. The molecule has 0 fully saturated rings. The highest BCUT2D eigenvalue weighted by molar-refractivity contribution is 7.94. The predicted octanol–water partition coefficient (Wildman–Crippen LogP) is 2.36. The van der Waals surface area contributed by atoms with Crippen LogP contribution in [-0.2, 0) is 16.4 Å². The fourth-order valence-electron chi connectivity index (χ4n) is 1.51. The Kier molecular flexibility index (Phi) is 4.36. The first kappa shape index (κ1) is 14.9. The Morgan fingerprint density at radius 3 is 2.55 bits per heavy atom. The summed E-state index contributed by atoms with van der Waals surface area (Å²) in [5, 5.41) is 8.79. The molecule has 2 rings (SSSR count). The molecule has 0 saturated carbocycles. The largest absolute Gasteiger partial charge is 0.396 e. The van der Waals surface area contributed by atoms with Gasteiger partial charge in [-0.15, -0.1) is 11.3 Å².